The maximum absolute atomic E-state index is 15.0. The molecule has 5 nitrogen and oxygen atoms in total. The molecule has 2 saturated heterocycles. The van der Waals surface area contributed by atoms with E-state index in [4.69, 9.17) is 17.3 Å². The lowest BCUT2D eigenvalue weighted by Gasteiger charge is -2.39. The van der Waals surface area contributed by atoms with Crippen LogP contribution in [0.1, 0.15) is 50.8 Å². The Hall–Kier alpha value is -2.15. The number of carbonyl (C=O) groups excluding carboxylic acids is 1. The van der Waals surface area contributed by atoms with Gasteiger partial charge in [-0.05, 0) is 49.1 Å². The van der Waals surface area contributed by atoms with Crippen LogP contribution >= 0.6 is 11.6 Å². The zero-order valence-corrected chi connectivity index (χ0v) is 22.0. The highest BCUT2D eigenvalue weighted by Gasteiger charge is 2.41. The summed E-state index contributed by atoms with van der Waals surface area (Å²) in [6, 6.07) is 13.2. The molecular formula is C28H38ClFN4O. The van der Waals surface area contributed by atoms with Gasteiger partial charge in [0.25, 0.3) is 0 Å². The van der Waals surface area contributed by atoms with Gasteiger partial charge in [-0.25, -0.2) is 4.39 Å². The number of carbonyl (C=O) groups is 1. The molecule has 3 atom stereocenters. The molecule has 0 bridgehead atoms. The topological polar surface area (TPSA) is 52.8 Å². The molecule has 0 saturated carbocycles. The summed E-state index contributed by atoms with van der Waals surface area (Å²) in [5.41, 5.74) is 9.01. The smallest absolute Gasteiger partial charge is 0.227 e. The monoisotopic (exact) mass is 500 g/mol. The summed E-state index contributed by atoms with van der Waals surface area (Å²) in [4.78, 5) is 20.2. The molecule has 2 aliphatic rings. The van der Waals surface area contributed by atoms with Crippen molar-refractivity contribution in [1.82, 2.24) is 9.80 Å². The van der Waals surface area contributed by atoms with Gasteiger partial charge >= 0.3 is 0 Å². The largest absolute Gasteiger partial charge is 0.365 e. The van der Waals surface area contributed by atoms with E-state index in [1.807, 2.05) is 35.2 Å². The molecule has 0 radical (unpaired) electrons. The molecule has 2 N–H and O–H groups in total. The Kier molecular flexibility index (Phi) is 8.04. The number of rotatable bonds is 6. The molecule has 2 aromatic rings. The van der Waals surface area contributed by atoms with E-state index in [0.29, 0.717) is 42.9 Å². The molecule has 1 amide bonds. The Bertz CT molecular complexity index is 1020. The number of amides is 1. The Morgan fingerprint density at radius 2 is 1.66 bits per heavy atom. The molecule has 190 valence electrons. The maximum atomic E-state index is 15.0. The van der Waals surface area contributed by atoms with E-state index < -0.39 is 0 Å². The Labute approximate surface area is 214 Å². The Morgan fingerprint density at radius 3 is 2.26 bits per heavy atom. The zero-order valence-electron chi connectivity index (χ0n) is 21.3. The summed E-state index contributed by atoms with van der Waals surface area (Å²) in [5, 5.41) is 0.705. The van der Waals surface area contributed by atoms with Crippen molar-refractivity contribution in [1.29, 1.82) is 0 Å². The summed E-state index contributed by atoms with van der Waals surface area (Å²) < 4.78 is 15.0. The number of hydrogen-bond acceptors (Lipinski definition) is 4. The maximum Gasteiger partial charge on any atom is 0.227 e. The first-order chi connectivity index (χ1) is 16.7. The normalized spacial score (nSPS) is 22.3. The molecule has 2 aliphatic heterocycles. The van der Waals surface area contributed by atoms with Gasteiger partial charge in [-0.2, -0.15) is 0 Å². The van der Waals surface area contributed by atoms with Crippen LogP contribution in [0.5, 0.6) is 0 Å². The molecular weight excluding hydrogens is 463 g/mol. The van der Waals surface area contributed by atoms with E-state index in [9.17, 15) is 9.18 Å². The van der Waals surface area contributed by atoms with E-state index >= 15 is 0 Å². The molecule has 2 heterocycles. The zero-order chi connectivity index (χ0) is 25.3. The van der Waals surface area contributed by atoms with Gasteiger partial charge in [0.2, 0.25) is 5.91 Å². The van der Waals surface area contributed by atoms with Crippen LogP contribution < -0.4 is 10.6 Å². The first-order valence-electron chi connectivity index (χ1n) is 12.7. The number of anilines is 1. The van der Waals surface area contributed by atoms with Crippen LogP contribution in [0, 0.1) is 17.7 Å². The molecule has 35 heavy (non-hydrogen) atoms. The second kappa shape index (κ2) is 10.9. The first kappa shape index (κ1) is 25.9. The average Bonchev–Trinajstić information content (AvgIpc) is 3.29. The molecule has 2 aromatic carbocycles. The van der Waals surface area contributed by atoms with Crippen molar-refractivity contribution in [3.05, 3.63) is 64.4 Å². The van der Waals surface area contributed by atoms with Crippen LogP contribution in [0.4, 0.5) is 10.1 Å². The number of nitrogens with zero attached hydrogens (tertiary/aromatic N) is 3. The highest BCUT2D eigenvalue weighted by molar-refractivity contribution is 6.30. The van der Waals surface area contributed by atoms with Crippen molar-refractivity contribution in [2.45, 2.75) is 45.7 Å². The van der Waals surface area contributed by atoms with Crippen molar-refractivity contribution in [3.63, 3.8) is 0 Å². The molecule has 0 aliphatic carbocycles. The molecule has 4 rings (SSSR count). The van der Waals surface area contributed by atoms with Crippen LogP contribution in [-0.4, -0.2) is 61.0 Å². The fourth-order valence-electron chi connectivity index (χ4n) is 5.43. The predicted molar refractivity (Wildman–Crippen MR) is 141 cm³/mol. The lowest BCUT2D eigenvalue weighted by Crippen LogP contribution is -2.51. The van der Waals surface area contributed by atoms with Gasteiger partial charge in [-0.1, -0.05) is 49.7 Å². The molecule has 0 aromatic heterocycles. The number of likely N-dealkylation sites (tertiary alicyclic amines) is 1. The van der Waals surface area contributed by atoms with E-state index in [-0.39, 0.29) is 35.5 Å². The molecule has 0 spiro atoms. The van der Waals surface area contributed by atoms with Crippen molar-refractivity contribution < 1.29 is 9.18 Å². The summed E-state index contributed by atoms with van der Waals surface area (Å²) in [5.74, 6) is 0.199. The minimum atomic E-state index is -0.246. The SMILES string of the molecule is CC(C)[C@H](N)c1cccc(F)c1N1CCN(C(=O)[C@@H]2CN(C(C)C)C[C@H]2c2ccc(Cl)cc2)CC1. The number of halogens is 2. The number of benzene rings is 2. The van der Waals surface area contributed by atoms with Crippen molar-refractivity contribution in [3.8, 4) is 0 Å². The third kappa shape index (κ3) is 5.50. The summed E-state index contributed by atoms with van der Waals surface area (Å²) in [7, 11) is 0. The first-order valence-corrected chi connectivity index (χ1v) is 13.1. The Balaban J connectivity index is 1.49. The quantitative estimate of drug-likeness (QED) is 0.612. The fourth-order valence-corrected chi connectivity index (χ4v) is 5.56. The third-order valence-corrected chi connectivity index (χ3v) is 7.95. The van der Waals surface area contributed by atoms with Crippen LogP contribution in [0.15, 0.2) is 42.5 Å². The standard InChI is InChI=1S/C28H38ClFN4O/c1-18(2)26(31)22-6-5-7-25(30)27(22)32-12-14-33(15-13-32)28(35)24-17-34(19(3)4)16-23(24)20-8-10-21(29)11-9-20/h5-11,18-19,23-24,26H,12-17,31H2,1-4H3/t23-,24+,26-/m0/s1. The summed E-state index contributed by atoms with van der Waals surface area (Å²) in [6.07, 6.45) is 0. The summed E-state index contributed by atoms with van der Waals surface area (Å²) in [6.45, 7) is 12.4. The van der Waals surface area contributed by atoms with Crippen LogP contribution in [0.25, 0.3) is 0 Å². The molecule has 0 unspecified atom stereocenters. The fraction of sp³-hybridized carbons (Fsp3) is 0.536. The van der Waals surface area contributed by atoms with E-state index in [1.54, 1.807) is 6.07 Å². The Morgan fingerprint density at radius 1 is 1.00 bits per heavy atom. The lowest BCUT2D eigenvalue weighted by molar-refractivity contribution is -0.135. The van der Waals surface area contributed by atoms with Gasteiger partial charge in [0.05, 0.1) is 11.6 Å². The van der Waals surface area contributed by atoms with Gasteiger partial charge in [0, 0.05) is 62.3 Å². The van der Waals surface area contributed by atoms with E-state index in [0.717, 1.165) is 24.2 Å². The number of nitrogens with two attached hydrogens (primary N) is 1. The number of piperazine rings is 1. The highest BCUT2D eigenvalue weighted by atomic mass is 35.5. The van der Waals surface area contributed by atoms with Gasteiger partial charge in [-0.15, -0.1) is 0 Å². The van der Waals surface area contributed by atoms with Gasteiger partial charge in [0.1, 0.15) is 5.82 Å². The van der Waals surface area contributed by atoms with Crippen LogP contribution in [0.2, 0.25) is 5.02 Å². The molecule has 2 fully saturated rings. The third-order valence-electron chi connectivity index (χ3n) is 7.70. The predicted octanol–water partition coefficient (Wildman–Crippen LogP) is 4.91. The average molecular weight is 501 g/mol. The van der Waals surface area contributed by atoms with Gasteiger partial charge in [0.15, 0.2) is 0 Å². The van der Waals surface area contributed by atoms with Crippen molar-refractivity contribution in [2.75, 3.05) is 44.2 Å². The highest BCUT2D eigenvalue weighted by Crippen LogP contribution is 2.37. The number of hydrogen-bond donors (Lipinski definition) is 1. The van der Waals surface area contributed by atoms with Gasteiger partial charge in [-0.3, -0.25) is 9.69 Å². The number of para-hydroxylation sites is 1. The second-order valence-corrected chi connectivity index (χ2v) is 11.0. The van der Waals surface area contributed by atoms with E-state index in [2.05, 4.69) is 37.5 Å². The van der Waals surface area contributed by atoms with Gasteiger partial charge < -0.3 is 15.5 Å². The van der Waals surface area contributed by atoms with E-state index in [1.165, 1.54) is 6.07 Å². The summed E-state index contributed by atoms with van der Waals surface area (Å²) >= 11 is 6.12. The van der Waals surface area contributed by atoms with Crippen molar-refractivity contribution >= 4 is 23.2 Å². The van der Waals surface area contributed by atoms with Crippen LogP contribution in [-0.2, 0) is 4.79 Å². The lowest BCUT2D eigenvalue weighted by atomic mass is 9.88. The molecule has 7 heteroatoms. The second-order valence-electron chi connectivity index (χ2n) is 10.6. The van der Waals surface area contributed by atoms with Crippen molar-refractivity contribution in [2.24, 2.45) is 17.6 Å². The minimum absolute atomic E-state index is 0.0940. The van der Waals surface area contributed by atoms with Crippen LogP contribution in [0.3, 0.4) is 0 Å². The minimum Gasteiger partial charge on any atom is -0.365 e.